The number of aromatic nitrogens is 2. The SMILES string of the molecule is CC(C)(C)c1ccccc1NC(=O)Cn1cc(N)cn1. The maximum atomic E-state index is 12.1. The highest BCUT2D eigenvalue weighted by atomic mass is 16.2. The van der Waals surface area contributed by atoms with Crippen LogP contribution in [0.5, 0.6) is 0 Å². The molecular formula is C15H20N4O. The minimum atomic E-state index is -0.121. The largest absolute Gasteiger partial charge is 0.396 e. The van der Waals surface area contributed by atoms with Crippen molar-refractivity contribution in [2.75, 3.05) is 11.1 Å². The predicted molar refractivity (Wildman–Crippen MR) is 80.4 cm³/mol. The number of carbonyl (C=O) groups is 1. The van der Waals surface area contributed by atoms with E-state index in [0.29, 0.717) is 5.69 Å². The van der Waals surface area contributed by atoms with Crippen LogP contribution in [0.1, 0.15) is 26.3 Å². The molecule has 1 amide bonds. The Labute approximate surface area is 118 Å². The van der Waals surface area contributed by atoms with Gasteiger partial charge in [-0.15, -0.1) is 0 Å². The lowest BCUT2D eigenvalue weighted by Gasteiger charge is -2.23. The minimum absolute atomic E-state index is 0.0278. The van der Waals surface area contributed by atoms with Gasteiger partial charge < -0.3 is 11.1 Å². The molecule has 0 spiro atoms. The zero-order valence-corrected chi connectivity index (χ0v) is 12.1. The van der Waals surface area contributed by atoms with Crippen LogP contribution in [-0.2, 0) is 16.8 Å². The van der Waals surface area contributed by atoms with E-state index in [1.54, 1.807) is 6.20 Å². The van der Waals surface area contributed by atoms with E-state index >= 15 is 0 Å². The van der Waals surface area contributed by atoms with Gasteiger partial charge in [-0.05, 0) is 17.0 Å². The molecule has 1 aromatic heterocycles. The molecule has 0 aliphatic rings. The molecule has 3 N–H and O–H groups in total. The summed E-state index contributed by atoms with van der Waals surface area (Å²) in [5.41, 5.74) is 8.04. The number of hydrogen-bond donors (Lipinski definition) is 2. The van der Waals surface area contributed by atoms with Gasteiger partial charge in [-0.2, -0.15) is 5.10 Å². The number of rotatable bonds is 3. The molecule has 0 saturated heterocycles. The molecule has 0 aliphatic carbocycles. The smallest absolute Gasteiger partial charge is 0.246 e. The molecule has 2 aromatic rings. The van der Waals surface area contributed by atoms with Gasteiger partial charge in [0.25, 0.3) is 0 Å². The molecule has 2 rings (SSSR count). The van der Waals surface area contributed by atoms with Crippen molar-refractivity contribution < 1.29 is 4.79 Å². The second-order valence-corrected chi connectivity index (χ2v) is 5.82. The molecule has 0 radical (unpaired) electrons. The molecule has 20 heavy (non-hydrogen) atoms. The first-order valence-electron chi connectivity index (χ1n) is 6.53. The van der Waals surface area contributed by atoms with Gasteiger partial charge in [-0.25, -0.2) is 0 Å². The number of nitrogens with zero attached hydrogens (tertiary/aromatic N) is 2. The normalized spacial score (nSPS) is 11.3. The standard InChI is InChI=1S/C15H20N4O/c1-15(2,3)12-6-4-5-7-13(12)18-14(20)10-19-9-11(16)8-17-19/h4-9H,10,16H2,1-3H3,(H,18,20). The number of carbonyl (C=O) groups excluding carboxylic acids is 1. The van der Waals surface area contributed by atoms with E-state index in [2.05, 4.69) is 31.2 Å². The Bertz CT molecular complexity index is 610. The summed E-state index contributed by atoms with van der Waals surface area (Å²) in [5, 5.41) is 6.93. The van der Waals surface area contributed by atoms with Gasteiger partial charge in [0, 0.05) is 11.9 Å². The molecule has 0 aliphatic heterocycles. The average Bonchev–Trinajstić information content (AvgIpc) is 2.73. The molecule has 0 saturated carbocycles. The maximum absolute atomic E-state index is 12.1. The van der Waals surface area contributed by atoms with Crippen LogP contribution in [0.3, 0.4) is 0 Å². The number of nitrogens with one attached hydrogen (secondary N) is 1. The molecule has 0 bridgehead atoms. The minimum Gasteiger partial charge on any atom is -0.396 e. The van der Waals surface area contributed by atoms with Crippen LogP contribution in [0.2, 0.25) is 0 Å². The highest BCUT2D eigenvalue weighted by Crippen LogP contribution is 2.29. The zero-order chi connectivity index (χ0) is 14.8. The van der Waals surface area contributed by atoms with Gasteiger partial charge in [0.15, 0.2) is 0 Å². The molecule has 1 aromatic carbocycles. The van der Waals surface area contributed by atoms with Crippen molar-refractivity contribution in [2.45, 2.75) is 32.7 Å². The fourth-order valence-electron chi connectivity index (χ4n) is 2.05. The Balaban J connectivity index is 2.12. The summed E-state index contributed by atoms with van der Waals surface area (Å²) in [6.07, 6.45) is 3.16. The first-order chi connectivity index (χ1) is 9.36. The number of nitrogens with two attached hydrogens (primary N) is 1. The molecule has 106 valence electrons. The Kier molecular flexibility index (Phi) is 3.79. The predicted octanol–water partition coefficient (Wildman–Crippen LogP) is 2.40. The van der Waals surface area contributed by atoms with Crippen LogP contribution in [0.15, 0.2) is 36.7 Å². The molecule has 0 atom stereocenters. The zero-order valence-electron chi connectivity index (χ0n) is 12.1. The summed E-state index contributed by atoms with van der Waals surface area (Å²) in [6.45, 7) is 6.50. The molecule has 0 fully saturated rings. The van der Waals surface area contributed by atoms with E-state index in [1.165, 1.54) is 10.9 Å². The topological polar surface area (TPSA) is 72.9 Å². The lowest BCUT2D eigenvalue weighted by Crippen LogP contribution is -2.22. The molecule has 1 heterocycles. The van der Waals surface area contributed by atoms with Crippen LogP contribution >= 0.6 is 0 Å². The number of anilines is 2. The van der Waals surface area contributed by atoms with Crippen molar-refractivity contribution in [3.05, 3.63) is 42.2 Å². The van der Waals surface area contributed by atoms with E-state index in [0.717, 1.165) is 11.3 Å². The Morgan fingerprint density at radius 1 is 1.35 bits per heavy atom. The van der Waals surface area contributed by atoms with Gasteiger partial charge in [0.05, 0.1) is 11.9 Å². The summed E-state index contributed by atoms with van der Waals surface area (Å²) in [6, 6.07) is 7.83. The maximum Gasteiger partial charge on any atom is 0.246 e. The van der Waals surface area contributed by atoms with Gasteiger partial charge in [0.1, 0.15) is 6.54 Å². The number of nitrogen functional groups attached to an aromatic ring is 1. The lowest BCUT2D eigenvalue weighted by atomic mass is 9.86. The number of amides is 1. The van der Waals surface area contributed by atoms with Crippen molar-refractivity contribution in [3.8, 4) is 0 Å². The third kappa shape index (κ3) is 3.38. The summed E-state index contributed by atoms with van der Waals surface area (Å²) in [5.74, 6) is -0.121. The van der Waals surface area contributed by atoms with E-state index in [1.807, 2.05) is 24.3 Å². The van der Waals surface area contributed by atoms with Crippen LogP contribution in [0.25, 0.3) is 0 Å². The summed E-state index contributed by atoms with van der Waals surface area (Å²) >= 11 is 0. The van der Waals surface area contributed by atoms with Crippen molar-refractivity contribution in [2.24, 2.45) is 0 Å². The van der Waals surface area contributed by atoms with E-state index in [-0.39, 0.29) is 17.9 Å². The average molecular weight is 272 g/mol. The number of hydrogen-bond acceptors (Lipinski definition) is 3. The first-order valence-corrected chi connectivity index (χ1v) is 6.53. The highest BCUT2D eigenvalue weighted by Gasteiger charge is 2.18. The van der Waals surface area contributed by atoms with Crippen molar-refractivity contribution in [3.63, 3.8) is 0 Å². The van der Waals surface area contributed by atoms with Gasteiger partial charge in [-0.1, -0.05) is 39.0 Å². The molecule has 5 heteroatoms. The highest BCUT2D eigenvalue weighted by molar-refractivity contribution is 5.91. The second-order valence-electron chi connectivity index (χ2n) is 5.82. The van der Waals surface area contributed by atoms with Crippen LogP contribution < -0.4 is 11.1 Å². The Morgan fingerprint density at radius 2 is 2.05 bits per heavy atom. The third-order valence-electron chi connectivity index (χ3n) is 2.97. The fraction of sp³-hybridized carbons (Fsp3) is 0.333. The Morgan fingerprint density at radius 3 is 2.65 bits per heavy atom. The summed E-state index contributed by atoms with van der Waals surface area (Å²) < 4.78 is 1.52. The van der Waals surface area contributed by atoms with E-state index in [9.17, 15) is 4.79 Å². The molecule has 5 nitrogen and oxygen atoms in total. The molecule has 0 unspecified atom stereocenters. The first kappa shape index (κ1) is 14.1. The van der Waals surface area contributed by atoms with Gasteiger partial charge in [0.2, 0.25) is 5.91 Å². The summed E-state index contributed by atoms with van der Waals surface area (Å²) in [7, 11) is 0. The van der Waals surface area contributed by atoms with Gasteiger partial charge in [-0.3, -0.25) is 9.48 Å². The lowest BCUT2D eigenvalue weighted by molar-refractivity contribution is -0.116. The Hall–Kier alpha value is -2.30. The fourth-order valence-corrected chi connectivity index (χ4v) is 2.05. The van der Waals surface area contributed by atoms with Crippen LogP contribution in [0.4, 0.5) is 11.4 Å². The van der Waals surface area contributed by atoms with Crippen molar-refractivity contribution >= 4 is 17.3 Å². The quantitative estimate of drug-likeness (QED) is 0.901. The van der Waals surface area contributed by atoms with Crippen molar-refractivity contribution in [1.29, 1.82) is 0 Å². The third-order valence-corrected chi connectivity index (χ3v) is 2.97. The van der Waals surface area contributed by atoms with Crippen molar-refractivity contribution in [1.82, 2.24) is 9.78 Å². The summed E-state index contributed by atoms with van der Waals surface area (Å²) in [4.78, 5) is 12.1. The van der Waals surface area contributed by atoms with Gasteiger partial charge >= 0.3 is 0 Å². The second kappa shape index (κ2) is 5.36. The van der Waals surface area contributed by atoms with Crippen LogP contribution in [0, 0.1) is 0 Å². The molecular weight excluding hydrogens is 252 g/mol. The number of benzene rings is 1. The van der Waals surface area contributed by atoms with E-state index < -0.39 is 0 Å². The van der Waals surface area contributed by atoms with Crippen LogP contribution in [-0.4, -0.2) is 15.7 Å². The monoisotopic (exact) mass is 272 g/mol. The van der Waals surface area contributed by atoms with E-state index in [4.69, 9.17) is 5.73 Å². The number of para-hydroxylation sites is 1.